The first-order valence-corrected chi connectivity index (χ1v) is 4.27. The van der Waals surface area contributed by atoms with E-state index in [1.807, 2.05) is 0 Å². The molecule has 0 aliphatic carbocycles. The molecular formula is C10H5ClO3. The van der Waals surface area contributed by atoms with Crippen molar-refractivity contribution in [3.63, 3.8) is 0 Å². The van der Waals surface area contributed by atoms with Crippen molar-refractivity contribution in [2.75, 3.05) is 0 Å². The number of hydrogen-bond donors (Lipinski definition) is 0. The van der Waals surface area contributed by atoms with E-state index in [1.54, 1.807) is 18.2 Å². The van der Waals surface area contributed by atoms with E-state index in [0.717, 1.165) is 0 Å². The molecule has 0 N–H and O–H groups in total. The van der Waals surface area contributed by atoms with Crippen molar-refractivity contribution in [1.29, 1.82) is 0 Å². The van der Waals surface area contributed by atoms with E-state index in [4.69, 9.17) is 16.0 Å². The van der Waals surface area contributed by atoms with Crippen molar-refractivity contribution >= 4 is 34.4 Å². The molecule has 4 heteroatoms. The molecule has 0 spiro atoms. The number of ketones is 1. The van der Waals surface area contributed by atoms with Gasteiger partial charge in [-0.25, -0.2) is 0 Å². The second kappa shape index (κ2) is 3.27. The Bertz CT molecular complexity index is 513. The zero-order valence-corrected chi connectivity index (χ0v) is 7.75. The van der Waals surface area contributed by atoms with Crippen molar-refractivity contribution in [1.82, 2.24) is 0 Å². The van der Waals surface area contributed by atoms with Crippen LogP contribution in [0.3, 0.4) is 0 Å². The number of Topliss-reactive ketones (excluding diaryl/α,β-unsaturated/α-hetero) is 1. The number of carbonyl (C=O) groups is 2. The van der Waals surface area contributed by atoms with Gasteiger partial charge in [0, 0.05) is 5.39 Å². The van der Waals surface area contributed by atoms with Crippen LogP contribution in [0.15, 0.2) is 28.9 Å². The van der Waals surface area contributed by atoms with E-state index in [-0.39, 0.29) is 12.0 Å². The minimum absolute atomic E-state index is 0.000556. The SMILES string of the molecule is O=CC(=O)c1occ2cccc(Cl)c12. The summed E-state index contributed by atoms with van der Waals surface area (Å²) < 4.78 is 4.98. The van der Waals surface area contributed by atoms with Crippen LogP contribution in [-0.4, -0.2) is 12.1 Å². The van der Waals surface area contributed by atoms with Crippen LogP contribution in [0.25, 0.3) is 10.8 Å². The molecule has 0 aliphatic heterocycles. The summed E-state index contributed by atoms with van der Waals surface area (Å²) >= 11 is 5.88. The topological polar surface area (TPSA) is 47.3 Å². The zero-order chi connectivity index (χ0) is 10.1. The molecule has 0 amide bonds. The number of carbonyl (C=O) groups excluding carboxylic acids is 2. The van der Waals surface area contributed by atoms with E-state index in [1.165, 1.54) is 6.26 Å². The molecule has 0 unspecified atom stereocenters. The Morgan fingerprint density at radius 2 is 2.21 bits per heavy atom. The highest BCUT2D eigenvalue weighted by atomic mass is 35.5. The van der Waals surface area contributed by atoms with Gasteiger partial charge in [-0.3, -0.25) is 9.59 Å². The predicted molar refractivity (Wildman–Crippen MR) is 51.6 cm³/mol. The monoisotopic (exact) mass is 208 g/mol. The summed E-state index contributed by atoms with van der Waals surface area (Å²) in [4.78, 5) is 21.4. The Balaban J connectivity index is 2.79. The zero-order valence-electron chi connectivity index (χ0n) is 6.99. The fraction of sp³-hybridized carbons (Fsp3) is 0. The standard InChI is InChI=1S/C10H5ClO3/c11-7-3-1-2-6-5-14-10(9(6)7)8(13)4-12/h1-5H. The third-order valence-corrected chi connectivity index (χ3v) is 2.22. The minimum Gasteiger partial charge on any atom is -0.459 e. The second-order valence-electron chi connectivity index (χ2n) is 2.75. The van der Waals surface area contributed by atoms with Gasteiger partial charge >= 0.3 is 0 Å². The molecule has 70 valence electrons. The normalized spacial score (nSPS) is 10.4. The van der Waals surface area contributed by atoms with Crippen molar-refractivity contribution in [2.24, 2.45) is 0 Å². The molecule has 0 atom stereocenters. The predicted octanol–water partition coefficient (Wildman–Crippen LogP) is 2.47. The third-order valence-electron chi connectivity index (χ3n) is 1.91. The molecule has 0 saturated carbocycles. The fourth-order valence-electron chi connectivity index (χ4n) is 1.29. The average Bonchev–Trinajstić information content (AvgIpc) is 2.62. The summed E-state index contributed by atoms with van der Waals surface area (Å²) in [5, 5.41) is 1.61. The van der Waals surface area contributed by atoms with Crippen LogP contribution in [0.4, 0.5) is 0 Å². The maximum absolute atomic E-state index is 11.1. The highest BCUT2D eigenvalue weighted by molar-refractivity contribution is 6.40. The molecule has 0 saturated heterocycles. The van der Waals surface area contributed by atoms with Gasteiger partial charge in [0.25, 0.3) is 5.78 Å². The lowest BCUT2D eigenvalue weighted by atomic mass is 10.1. The van der Waals surface area contributed by atoms with Gasteiger partial charge in [0.2, 0.25) is 0 Å². The molecule has 1 heterocycles. The van der Waals surface area contributed by atoms with E-state index in [0.29, 0.717) is 15.8 Å². The van der Waals surface area contributed by atoms with E-state index < -0.39 is 5.78 Å². The minimum atomic E-state index is -0.701. The summed E-state index contributed by atoms with van der Waals surface area (Å²) in [6.45, 7) is 0. The van der Waals surface area contributed by atoms with Gasteiger partial charge in [0.05, 0.1) is 16.7 Å². The maximum Gasteiger partial charge on any atom is 0.261 e. The first-order chi connectivity index (χ1) is 6.74. The highest BCUT2D eigenvalue weighted by Crippen LogP contribution is 2.28. The van der Waals surface area contributed by atoms with Crippen molar-refractivity contribution in [3.8, 4) is 0 Å². The number of rotatable bonds is 2. The van der Waals surface area contributed by atoms with Crippen LogP contribution >= 0.6 is 11.6 Å². The van der Waals surface area contributed by atoms with Gasteiger partial charge in [0.1, 0.15) is 0 Å². The molecule has 1 aromatic carbocycles. The largest absolute Gasteiger partial charge is 0.459 e. The van der Waals surface area contributed by atoms with Gasteiger partial charge in [-0.05, 0) is 6.07 Å². The number of fused-ring (bicyclic) bond motifs is 1. The first-order valence-electron chi connectivity index (χ1n) is 3.89. The molecule has 2 rings (SSSR count). The second-order valence-corrected chi connectivity index (χ2v) is 3.16. The molecule has 0 aliphatic rings. The molecular weight excluding hydrogens is 204 g/mol. The molecule has 1 aromatic heterocycles. The number of halogens is 1. The third kappa shape index (κ3) is 1.22. The number of benzene rings is 1. The fourth-order valence-corrected chi connectivity index (χ4v) is 1.56. The smallest absolute Gasteiger partial charge is 0.261 e. The summed E-state index contributed by atoms with van der Waals surface area (Å²) in [6, 6.07) is 5.14. The van der Waals surface area contributed by atoms with Crippen LogP contribution in [0.5, 0.6) is 0 Å². The van der Waals surface area contributed by atoms with Crippen LogP contribution in [0, 0.1) is 0 Å². The molecule has 2 aromatic rings. The lowest BCUT2D eigenvalue weighted by Gasteiger charge is -1.93. The van der Waals surface area contributed by atoms with Crippen molar-refractivity contribution in [2.45, 2.75) is 0 Å². The van der Waals surface area contributed by atoms with Crippen LogP contribution < -0.4 is 0 Å². The lowest BCUT2D eigenvalue weighted by Crippen LogP contribution is -1.97. The number of furan rings is 1. The Hall–Kier alpha value is -1.61. The first kappa shape index (κ1) is 8.97. The van der Waals surface area contributed by atoms with E-state index >= 15 is 0 Å². The molecule has 0 radical (unpaired) electrons. The van der Waals surface area contributed by atoms with E-state index in [9.17, 15) is 9.59 Å². The molecule has 0 fully saturated rings. The van der Waals surface area contributed by atoms with Crippen LogP contribution in [-0.2, 0) is 4.79 Å². The van der Waals surface area contributed by atoms with Crippen molar-refractivity contribution in [3.05, 3.63) is 35.2 Å². The van der Waals surface area contributed by atoms with E-state index in [2.05, 4.69) is 0 Å². The van der Waals surface area contributed by atoms with Gasteiger partial charge in [-0.1, -0.05) is 23.7 Å². The number of hydrogen-bond acceptors (Lipinski definition) is 3. The summed E-state index contributed by atoms with van der Waals surface area (Å²) in [6.07, 6.45) is 1.61. The van der Waals surface area contributed by atoms with Crippen LogP contribution in [0.1, 0.15) is 10.6 Å². The molecule has 0 bridgehead atoms. The highest BCUT2D eigenvalue weighted by Gasteiger charge is 2.15. The summed E-state index contributed by atoms with van der Waals surface area (Å²) in [7, 11) is 0. The maximum atomic E-state index is 11.1. The number of aldehydes is 1. The summed E-state index contributed by atoms with van der Waals surface area (Å²) in [5.74, 6) is -0.700. The van der Waals surface area contributed by atoms with Gasteiger partial charge < -0.3 is 4.42 Å². The van der Waals surface area contributed by atoms with Gasteiger partial charge in [-0.2, -0.15) is 0 Å². The average molecular weight is 209 g/mol. The quantitative estimate of drug-likeness (QED) is 0.433. The van der Waals surface area contributed by atoms with Gasteiger partial charge in [-0.15, -0.1) is 0 Å². The molecule has 3 nitrogen and oxygen atoms in total. The Labute approximate surface area is 84.3 Å². The Morgan fingerprint density at radius 1 is 1.43 bits per heavy atom. The van der Waals surface area contributed by atoms with Gasteiger partial charge in [0.15, 0.2) is 12.0 Å². The lowest BCUT2D eigenvalue weighted by molar-refractivity contribution is -0.104. The Kier molecular flexibility index (Phi) is 2.09. The molecule has 14 heavy (non-hydrogen) atoms. The van der Waals surface area contributed by atoms with Crippen LogP contribution in [0.2, 0.25) is 5.02 Å². The van der Waals surface area contributed by atoms with Crippen molar-refractivity contribution < 1.29 is 14.0 Å². The summed E-state index contributed by atoms with van der Waals surface area (Å²) in [5.41, 5.74) is 0. The Morgan fingerprint density at radius 3 is 2.93 bits per heavy atom.